The Morgan fingerprint density at radius 2 is 2.19 bits per heavy atom. The molecule has 2 N–H and O–H groups in total. The van der Waals surface area contributed by atoms with E-state index in [0.29, 0.717) is 24.9 Å². The van der Waals surface area contributed by atoms with Crippen molar-refractivity contribution in [3.8, 4) is 0 Å². The number of carbonyl (C=O) groups is 1. The predicted octanol–water partition coefficient (Wildman–Crippen LogP) is 3.29. The SMILES string of the molecule is CC.CC(Nc1nc(C(=O)N2CCNC2)c2sccc2n1)c1cccnc1. The molecule has 1 unspecified atom stereocenters. The minimum Gasteiger partial charge on any atom is -0.348 e. The molecule has 1 saturated heterocycles. The van der Waals surface area contributed by atoms with Crippen LogP contribution in [-0.4, -0.2) is 45.5 Å². The van der Waals surface area contributed by atoms with Crippen molar-refractivity contribution in [2.45, 2.75) is 26.8 Å². The van der Waals surface area contributed by atoms with E-state index < -0.39 is 0 Å². The predicted molar refractivity (Wildman–Crippen MR) is 109 cm³/mol. The number of pyridine rings is 1. The van der Waals surface area contributed by atoms with Crippen LogP contribution in [-0.2, 0) is 0 Å². The molecule has 0 aromatic carbocycles. The quantitative estimate of drug-likeness (QED) is 0.718. The van der Waals surface area contributed by atoms with Crippen molar-refractivity contribution in [3.63, 3.8) is 0 Å². The van der Waals surface area contributed by atoms with Crippen LogP contribution in [0.2, 0.25) is 0 Å². The van der Waals surface area contributed by atoms with Gasteiger partial charge < -0.3 is 10.2 Å². The standard InChI is InChI=1S/C17H18N6OS.C2H6/c1-11(12-3-2-5-18-9-12)20-17-21-13-4-8-25-15(13)14(22-17)16(24)23-7-6-19-10-23;1-2/h2-5,8-9,11,19H,6-7,10H2,1H3,(H,20,21,22);1-2H3. The molecule has 4 rings (SSSR count). The van der Waals surface area contributed by atoms with Gasteiger partial charge in [0.15, 0.2) is 5.69 Å². The molecular weight excluding hydrogens is 360 g/mol. The number of aromatic nitrogens is 3. The van der Waals surface area contributed by atoms with E-state index in [9.17, 15) is 4.79 Å². The van der Waals surface area contributed by atoms with Crippen LogP contribution in [0.25, 0.3) is 10.2 Å². The summed E-state index contributed by atoms with van der Waals surface area (Å²) in [7, 11) is 0. The van der Waals surface area contributed by atoms with E-state index in [-0.39, 0.29) is 11.9 Å². The van der Waals surface area contributed by atoms with E-state index in [2.05, 4.69) is 25.6 Å². The minimum absolute atomic E-state index is 0.0128. The molecule has 0 saturated carbocycles. The number of amides is 1. The zero-order valence-corrected chi connectivity index (χ0v) is 16.6. The molecule has 0 aliphatic carbocycles. The maximum absolute atomic E-state index is 12.8. The van der Waals surface area contributed by atoms with Gasteiger partial charge in [-0.1, -0.05) is 19.9 Å². The molecule has 0 radical (unpaired) electrons. The first kappa shape index (κ1) is 19.2. The van der Waals surface area contributed by atoms with Crippen LogP contribution >= 0.6 is 11.3 Å². The summed E-state index contributed by atoms with van der Waals surface area (Å²) in [5.41, 5.74) is 2.29. The molecule has 3 aromatic rings. The van der Waals surface area contributed by atoms with Crippen LogP contribution in [0.3, 0.4) is 0 Å². The molecule has 0 bridgehead atoms. The molecular formula is C19H24N6OS. The number of nitrogens with one attached hydrogen (secondary N) is 2. The van der Waals surface area contributed by atoms with Gasteiger partial charge in [-0.2, -0.15) is 0 Å². The summed E-state index contributed by atoms with van der Waals surface area (Å²) >= 11 is 1.49. The van der Waals surface area contributed by atoms with Gasteiger partial charge in [-0.25, -0.2) is 9.97 Å². The van der Waals surface area contributed by atoms with Crippen LogP contribution in [0.15, 0.2) is 36.0 Å². The summed E-state index contributed by atoms with van der Waals surface area (Å²) in [6.45, 7) is 8.09. The Morgan fingerprint density at radius 3 is 2.89 bits per heavy atom. The van der Waals surface area contributed by atoms with Gasteiger partial charge in [0.1, 0.15) is 0 Å². The molecule has 142 valence electrons. The molecule has 1 atom stereocenters. The lowest BCUT2D eigenvalue weighted by atomic mass is 10.1. The third-order valence-electron chi connectivity index (χ3n) is 4.18. The van der Waals surface area contributed by atoms with Crippen molar-refractivity contribution in [1.82, 2.24) is 25.2 Å². The summed E-state index contributed by atoms with van der Waals surface area (Å²) in [5.74, 6) is 0.398. The highest BCUT2D eigenvalue weighted by molar-refractivity contribution is 7.17. The Balaban J connectivity index is 0.00000102. The van der Waals surface area contributed by atoms with E-state index in [1.165, 1.54) is 11.3 Å². The second-order valence-electron chi connectivity index (χ2n) is 5.91. The third kappa shape index (κ3) is 4.23. The number of hydrogen-bond acceptors (Lipinski definition) is 7. The zero-order valence-electron chi connectivity index (χ0n) is 15.8. The average molecular weight is 385 g/mol. The normalized spacial score (nSPS) is 14.6. The minimum atomic E-state index is -0.0584. The van der Waals surface area contributed by atoms with Crippen LogP contribution < -0.4 is 10.6 Å². The molecule has 7 nitrogen and oxygen atoms in total. The van der Waals surface area contributed by atoms with E-state index in [0.717, 1.165) is 22.3 Å². The monoisotopic (exact) mass is 384 g/mol. The Bertz CT molecular complexity index is 892. The van der Waals surface area contributed by atoms with Crippen LogP contribution in [0.5, 0.6) is 0 Å². The molecule has 8 heteroatoms. The summed E-state index contributed by atoms with van der Waals surface area (Å²) in [5, 5.41) is 8.39. The lowest BCUT2D eigenvalue weighted by Crippen LogP contribution is -2.30. The molecule has 27 heavy (non-hydrogen) atoms. The van der Waals surface area contributed by atoms with E-state index in [4.69, 9.17) is 0 Å². The summed E-state index contributed by atoms with van der Waals surface area (Å²) in [4.78, 5) is 27.8. The largest absolute Gasteiger partial charge is 0.348 e. The number of thiophene rings is 1. The fourth-order valence-electron chi connectivity index (χ4n) is 2.81. The number of rotatable bonds is 4. The first-order valence-corrected chi connectivity index (χ1v) is 10.0. The van der Waals surface area contributed by atoms with Gasteiger partial charge in [0.2, 0.25) is 5.95 Å². The van der Waals surface area contributed by atoms with E-state index in [1.54, 1.807) is 11.1 Å². The zero-order chi connectivity index (χ0) is 19.2. The second kappa shape index (κ2) is 8.88. The van der Waals surface area contributed by atoms with Crippen LogP contribution in [0.4, 0.5) is 5.95 Å². The van der Waals surface area contributed by atoms with Crippen molar-refractivity contribution in [1.29, 1.82) is 0 Å². The van der Waals surface area contributed by atoms with Gasteiger partial charge in [-0.05, 0) is 30.0 Å². The molecule has 1 amide bonds. The molecule has 3 aromatic heterocycles. The highest BCUT2D eigenvalue weighted by atomic mass is 32.1. The van der Waals surface area contributed by atoms with Crippen molar-refractivity contribution in [2.24, 2.45) is 0 Å². The summed E-state index contributed by atoms with van der Waals surface area (Å²) in [6, 6.07) is 5.79. The average Bonchev–Trinajstić information content (AvgIpc) is 3.41. The highest BCUT2D eigenvalue weighted by Crippen LogP contribution is 2.26. The molecule has 1 aliphatic rings. The number of hydrogen-bond donors (Lipinski definition) is 2. The lowest BCUT2D eigenvalue weighted by molar-refractivity contribution is 0.0787. The fourth-order valence-corrected chi connectivity index (χ4v) is 3.62. The smallest absolute Gasteiger partial charge is 0.275 e. The van der Waals surface area contributed by atoms with E-state index >= 15 is 0 Å². The Labute approximate surface area is 162 Å². The van der Waals surface area contributed by atoms with Gasteiger partial charge in [0.25, 0.3) is 5.91 Å². The van der Waals surface area contributed by atoms with Crippen molar-refractivity contribution >= 4 is 33.4 Å². The maximum Gasteiger partial charge on any atom is 0.275 e. The van der Waals surface area contributed by atoms with Crippen LogP contribution in [0, 0.1) is 0 Å². The molecule has 1 fully saturated rings. The number of carbonyl (C=O) groups excluding carboxylic acids is 1. The maximum atomic E-state index is 12.8. The number of anilines is 1. The van der Waals surface area contributed by atoms with Gasteiger partial charge >= 0.3 is 0 Å². The van der Waals surface area contributed by atoms with Crippen molar-refractivity contribution in [2.75, 3.05) is 25.1 Å². The molecule has 1 aliphatic heterocycles. The third-order valence-corrected chi connectivity index (χ3v) is 5.09. The van der Waals surface area contributed by atoms with Crippen molar-refractivity contribution in [3.05, 3.63) is 47.2 Å². The topological polar surface area (TPSA) is 83.0 Å². The Morgan fingerprint density at radius 1 is 1.33 bits per heavy atom. The number of nitrogens with zero attached hydrogens (tertiary/aromatic N) is 4. The Hall–Kier alpha value is -2.58. The highest BCUT2D eigenvalue weighted by Gasteiger charge is 2.24. The second-order valence-corrected chi connectivity index (χ2v) is 6.83. The van der Waals surface area contributed by atoms with Gasteiger partial charge in [0.05, 0.1) is 22.9 Å². The van der Waals surface area contributed by atoms with Crippen LogP contribution in [0.1, 0.15) is 42.9 Å². The van der Waals surface area contributed by atoms with Gasteiger partial charge in [-0.15, -0.1) is 11.3 Å². The van der Waals surface area contributed by atoms with E-state index in [1.807, 2.05) is 50.5 Å². The summed E-state index contributed by atoms with van der Waals surface area (Å²) < 4.78 is 0.830. The first-order chi connectivity index (χ1) is 13.2. The van der Waals surface area contributed by atoms with Gasteiger partial charge in [-0.3, -0.25) is 15.1 Å². The first-order valence-electron chi connectivity index (χ1n) is 9.14. The summed E-state index contributed by atoms with van der Waals surface area (Å²) in [6.07, 6.45) is 3.55. The van der Waals surface area contributed by atoms with Gasteiger partial charge in [0, 0.05) is 25.5 Å². The Kier molecular flexibility index (Phi) is 6.31. The fraction of sp³-hybridized carbons (Fsp3) is 0.368. The van der Waals surface area contributed by atoms with Crippen molar-refractivity contribution < 1.29 is 4.79 Å². The lowest BCUT2D eigenvalue weighted by Gasteiger charge is -2.17. The molecule has 4 heterocycles. The molecule has 0 spiro atoms. The number of fused-ring (bicyclic) bond motifs is 1.